The minimum atomic E-state index is -0.437. The van der Waals surface area contributed by atoms with E-state index in [4.69, 9.17) is 4.42 Å². The lowest BCUT2D eigenvalue weighted by atomic mass is 10.1. The predicted molar refractivity (Wildman–Crippen MR) is 114 cm³/mol. The van der Waals surface area contributed by atoms with Crippen molar-refractivity contribution in [2.24, 2.45) is 5.10 Å². The lowest BCUT2D eigenvalue weighted by Gasteiger charge is -2.05. The summed E-state index contributed by atoms with van der Waals surface area (Å²) in [6.07, 6.45) is 3.01. The predicted octanol–water partition coefficient (Wildman–Crippen LogP) is 4.35. The number of amides is 2. The van der Waals surface area contributed by atoms with Gasteiger partial charge in [-0.25, -0.2) is 5.43 Å². The van der Waals surface area contributed by atoms with Crippen LogP contribution in [0.4, 0.5) is 0 Å². The zero-order valence-electron chi connectivity index (χ0n) is 14.5. The molecule has 0 saturated heterocycles. The highest BCUT2D eigenvalue weighted by molar-refractivity contribution is 9.10. The van der Waals surface area contributed by atoms with Crippen molar-refractivity contribution in [3.63, 3.8) is 0 Å². The minimum absolute atomic E-state index is 0.187. The average Bonchev–Trinajstić information content (AvgIpc) is 3.16. The van der Waals surface area contributed by atoms with Crippen molar-refractivity contribution >= 4 is 49.9 Å². The standard InChI is InChI=1S/C20H15Br2N3O3/c21-15-7-5-14(6-8-15)18-9-13(12-28-18)10-24-25-19(26)11-23-20(27)16-3-1-2-4-17(16)22/h1-10,12H,11H2,(H,23,27)(H,25,26). The van der Waals surface area contributed by atoms with E-state index >= 15 is 0 Å². The Morgan fingerprint density at radius 3 is 2.57 bits per heavy atom. The van der Waals surface area contributed by atoms with Gasteiger partial charge in [0, 0.05) is 20.1 Å². The van der Waals surface area contributed by atoms with Gasteiger partial charge in [-0.05, 0) is 46.3 Å². The molecule has 0 spiro atoms. The molecule has 0 radical (unpaired) electrons. The Balaban J connectivity index is 1.49. The average molecular weight is 505 g/mol. The molecule has 28 heavy (non-hydrogen) atoms. The summed E-state index contributed by atoms with van der Waals surface area (Å²) in [5.74, 6) is -0.0881. The van der Waals surface area contributed by atoms with E-state index in [1.807, 2.05) is 30.3 Å². The van der Waals surface area contributed by atoms with Crippen LogP contribution < -0.4 is 10.7 Å². The van der Waals surface area contributed by atoms with E-state index in [9.17, 15) is 9.59 Å². The van der Waals surface area contributed by atoms with Gasteiger partial charge in [0.15, 0.2) is 0 Å². The number of carbonyl (C=O) groups excluding carboxylic acids is 2. The van der Waals surface area contributed by atoms with Crippen molar-refractivity contribution in [3.05, 3.63) is 80.9 Å². The lowest BCUT2D eigenvalue weighted by molar-refractivity contribution is -0.120. The van der Waals surface area contributed by atoms with Gasteiger partial charge < -0.3 is 9.73 Å². The number of nitrogens with zero attached hydrogens (tertiary/aromatic N) is 1. The molecule has 8 heteroatoms. The fourth-order valence-electron chi connectivity index (χ4n) is 2.30. The molecule has 142 valence electrons. The fraction of sp³-hybridized carbons (Fsp3) is 0.0500. The fourth-order valence-corrected chi connectivity index (χ4v) is 3.03. The third-order valence-electron chi connectivity index (χ3n) is 3.68. The van der Waals surface area contributed by atoms with Crippen LogP contribution in [0.25, 0.3) is 11.3 Å². The highest BCUT2D eigenvalue weighted by Crippen LogP contribution is 2.23. The minimum Gasteiger partial charge on any atom is -0.464 e. The van der Waals surface area contributed by atoms with Crippen molar-refractivity contribution < 1.29 is 14.0 Å². The first-order valence-corrected chi connectivity index (χ1v) is 9.80. The smallest absolute Gasteiger partial charge is 0.259 e. The second kappa shape index (κ2) is 9.48. The van der Waals surface area contributed by atoms with E-state index in [2.05, 4.69) is 47.7 Å². The van der Waals surface area contributed by atoms with Gasteiger partial charge >= 0.3 is 0 Å². The van der Waals surface area contributed by atoms with Crippen molar-refractivity contribution in [3.8, 4) is 11.3 Å². The van der Waals surface area contributed by atoms with Crippen LogP contribution in [0.1, 0.15) is 15.9 Å². The molecule has 6 nitrogen and oxygen atoms in total. The molecule has 0 unspecified atom stereocenters. The lowest BCUT2D eigenvalue weighted by Crippen LogP contribution is -2.35. The topological polar surface area (TPSA) is 83.7 Å². The molecule has 1 aromatic heterocycles. The van der Waals surface area contributed by atoms with Gasteiger partial charge in [0.05, 0.1) is 18.3 Å². The zero-order chi connectivity index (χ0) is 19.9. The number of hydrogen-bond donors (Lipinski definition) is 2. The molecule has 0 aliphatic heterocycles. The molecule has 2 aromatic carbocycles. The maximum atomic E-state index is 12.0. The molecular formula is C20H15Br2N3O3. The molecule has 2 amide bonds. The van der Waals surface area contributed by atoms with Gasteiger partial charge in [0.2, 0.25) is 0 Å². The molecule has 3 aromatic rings. The van der Waals surface area contributed by atoms with Crippen LogP contribution in [-0.2, 0) is 4.79 Å². The number of nitrogens with one attached hydrogen (secondary N) is 2. The summed E-state index contributed by atoms with van der Waals surface area (Å²) >= 11 is 6.69. The Hall–Kier alpha value is -2.71. The van der Waals surface area contributed by atoms with Crippen LogP contribution in [0.15, 0.2) is 79.3 Å². The quantitative estimate of drug-likeness (QED) is 0.386. The molecular weight excluding hydrogens is 490 g/mol. The van der Waals surface area contributed by atoms with E-state index < -0.39 is 5.91 Å². The number of rotatable bonds is 6. The number of furan rings is 1. The molecule has 0 aliphatic carbocycles. The van der Waals surface area contributed by atoms with Crippen LogP contribution >= 0.6 is 31.9 Å². The summed E-state index contributed by atoms with van der Waals surface area (Å²) in [4.78, 5) is 23.9. The Morgan fingerprint density at radius 2 is 1.82 bits per heavy atom. The Labute approximate surface area is 178 Å². The van der Waals surface area contributed by atoms with Crippen molar-refractivity contribution in [1.82, 2.24) is 10.7 Å². The molecule has 3 rings (SSSR count). The number of hydrogen-bond acceptors (Lipinski definition) is 4. The van der Waals surface area contributed by atoms with Gasteiger partial charge in [-0.15, -0.1) is 0 Å². The molecule has 0 fully saturated rings. The Kier molecular flexibility index (Phi) is 6.78. The van der Waals surface area contributed by atoms with Crippen LogP contribution in [0.5, 0.6) is 0 Å². The highest BCUT2D eigenvalue weighted by atomic mass is 79.9. The SMILES string of the molecule is O=C(CNC(=O)c1ccccc1Br)NN=Cc1coc(-c2ccc(Br)cc2)c1. The number of carbonyl (C=O) groups is 2. The molecule has 0 atom stereocenters. The van der Waals surface area contributed by atoms with E-state index in [1.165, 1.54) is 6.21 Å². The van der Waals surface area contributed by atoms with Gasteiger partial charge in [-0.1, -0.05) is 40.2 Å². The number of halogens is 2. The maximum Gasteiger partial charge on any atom is 0.259 e. The van der Waals surface area contributed by atoms with E-state index in [0.717, 1.165) is 10.0 Å². The first kappa shape index (κ1) is 20.0. The van der Waals surface area contributed by atoms with Crippen LogP contribution in [-0.4, -0.2) is 24.6 Å². The van der Waals surface area contributed by atoms with Gasteiger partial charge in [0.25, 0.3) is 11.8 Å². The molecule has 0 saturated carbocycles. The van der Waals surface area contributed by atoms with Gasteiger partial charge in [-0.3, -0.25) is 9.59 Å². The zero-order valence-corrected chi connectivity index (χ0v) is 17.7. The summed E-state index contributed by atoms with van der Waals surface area (Å²) in [6, 6.07) is 16.5. The third kappa shape index (κ3) is 5.40. The summed E-state index contributed by atoms with van der Waals surface area (Å²) < 4.78 is 7.15. The summed E-state index contributed by atoms with van der Waals surface area (Å²) in [7, 11) is 0. The van der Waals surface area contributed by atoms with Crippen molar-refractivity contribution in [2.75, 3.05) is 6.54 Å². The van der Waals surface area contributed by atoms with Gasteiger partial charge in [-0.2, -0.15) is 5.10 Å². The first-order chi connectivity index (χ1) is 13.5. The van der Waals surface area contributed by atoms with Gasteiger partial charge in [0.1, 0.15) is 12.0 Å². The van der Waals surface area contributed by atoms with Crippen molar-refractivity contribution in [1.29, 1.82) is 0 Å². The van der Waals surface area contributed by atoms with E-state index in [1.54, 1.807) is 30.5 Å². The highest BCUT2D eigenvalue weighted by Gasteiger charge is 2.10. The second-order valence-electron chi connectivity index (χ2n) is 5.71. The second-order valence-corrected chi connectivity index (χ2v) is 7.48. The van der Waals surface area contributed by atoms with Crippen molar-refractivity contribution in [2.45, 2.75) is 0 Å². The molecule has 0 bridgehead atoms. The largest absolute Gasteiger partial charge is 0.464 e. The third-order valence-corrected chi connectivity index (χ3v) is 4.90. The number of benzene rings is 2. The normalized spacial score (nSPS) is 10.8. The summed E-state index contributed by atoms with van der Waals surface area (Å²) in [5.41, 5.74) is 4.46. The first-order valence-electron chi connectivity index (χ1n) is 8.22. The maximum absolute atomic E-state index is 12.0. The van der Waals surface area contributed by atoms with Crippen LogP contribution in [0, 0.1) is 0 Å². The Bertz CT molecular complexity index is 1010. The monoisotopic (exact) mass is 503 g/mol. The molecule has 1 heterocycles. The van der Waals surface area contributed by atoms with E-state index in [-0.39, 0.29) is 12.5 Å². The summed E-state index contributed by atoms with van der Waals surface area (Å²) in [5, 5.41) is 6.42. The van der Waals surface area contributed by atoms with E-state index in [0.29, 0.717) is 21.4 Å². The summed E-state index contributed by atoms with van der Waals surface area (Å²) in [6.45, 7) is -0.187. The number of hydrazone groups is 1. The molecule has 2 N–H and O–H groups in total. The molecule has 0 aliphatic rings. The Morgan fingerprint density at radius 1 is 1.07 bits per heavy atom. The van der Waals surface area contributed by atoms with Crippen LogP contribution in [0.3, 0.4) is 0 Å². The van der Waals surface area contributed by atoms with Crippen LogP contribution in [0.2, 0.25) is 0 Å².